The van der Waals surface area contributed by atoms with Gasteiger partial charge in [0.05, 0.1) is 18.6 Å². The van der Waals surface area contributed by atoms with Gasteiger partial charge in [-0.25, -0.2) is 0 Å². The lowest BCUT2D eigenvalue weighted by atomic mass is 9.61. The highest BCUT2D eigenvalue weighted by molar-refractivity contribution is 5.89. The van der Waals surface area contributed by atoms with Gasteiger partial charge in [-0.2, -0.15) is 0 Å². The van der Waals surface area contributed by atoms with Gasteiger partial charge in [0.2, 0.25) is 0 Å². The molecule has 2 aliphatic rings. The Kier molecular flexibility index (Phi) is 1.03. The van der Waals surface area contributed by atoms with Crippen molar-refractivity contribution in [2.45, 2.75) is 26.4 Å². The largest absolute Gasteiger partial charge is 0.377 e. The van der Waals surface area contributed by atoms with E-state index in [2.05, 4.69) is 6.92 Å². The highest BCUT2D eigenvalue weighted by atomic mass is 16.5. The first-order valence-electron chi connectivity index (χ1n) is 3.78. The highest BCUT2D eigenvalue weighted by Gasteiger charge is 2.57. The second-order valence-electron chi connectivity index (χ2n) is 3.79. The van der Waals surface area contributed by atoms with Crippen LogP contribution in [0.3, 0.4) is 0 Å². The Labute approximate surface area is 60.6 Å². The molecule has 10 heavy (non-hydrogen) atoms. The predicted octanol–water partition coefficient (Wildman–Crippen LogP) is 1.00. The Balaban J connectivity index is 2.24. The van der Waals surface area contributed by atoms with Crippen LogP contribution in [0, 0.1) is 11.3 Å². The second kappa shape index (κ2) is 1.62. The van der Waals surface area contributed by atoms with Gasteiger partial charge in [-0.15, -0.1) is 0 Å². The molecule has 1 saturated heterocycles. The number of fused-ring (bicyclic) bond motifs is 1. The Morgan fingerprint density at radius 1 is 1.70 bits per heavy atom. The van der Waals surface area contributed by atoms with Crippen molar-refractivity contribution in [1.29, 1.82) is 0 Å². The van der Waals surface area contributed by atoms with E-state index in [0.29, 0.717) is 5.78 Å². The molecular weight excluding hydrogens is 128 g/mol. The van der Waals surface area contributed by atoms with Crippen LogP contribution in [0.25, 0.3) is 0 Å². The fourth-order valence-electron chi connectivity index (χ4n) is 2.26. The van der Waals surface area contributed by atoms with Gasteiger partial charge in [0.15, 0.2) is 0 Å². The van der Waals surface area contributed by atoms with Gasteiger partial charge in [0.25, 0.3) is 0 Å². The third-order valence-electron chi connectivity index (χ3n) is 2.82. The summed E-state index contributed by atoms with van der Waals surface area (Å²) in [5.41, 5.74) is 0.205. The van der Waals surface area contributed by atoms with Crippen LogP contribution in [-0.4, -0.2) is 18.5 Å². The second-order valence-corrected chi connectivity index (χ2v) is 3.79. The minimum atomic E-state index is 0.172. The minimum absolute atomic E-state index is 0.172. The normalized spacial score (nSPS) is 52.4. The van der Waals surface area contributed by atoms with Crippen molar-refractivity contribution in [1.82, 2.24) is 0 Å². The number of ketones is 1. The first kappa shape index (κ1) is 6.35. The van der Waals surface area contributed by atoms with Crippen LogP contribution >= 0.6 is 0 Å². The number of hydrogen-bond donors (Lipinski definition) is 0. The zero-order valence-corrected chi connectivity index (χ0v) is 6.39. The molecule has 0 aromatic heterocycles. The van der Waals surface area contributed by atoms with E-state index in [9.17, 15) is 4.79 Å². The van der Waals surface area contributed by atoms with Gasteiger partial charge < -0.3 is 4.74 Å². The van der Waals surface area contributed by atoms with Gasteiger partial charge in [-0.05, 0) is 6.92 Å². The maximum Gasteiger partial charge on any atom is 0.139 e. The number of Topliss-reactive ketones (excluding diaryl/α,β-unsaturated/α-hetero) is 1. The van der Waals surface area contributed by atoms with Crippen LogP contribution in [0.4, 0.5) is 0 Å². The maximum absolute atomic E-state index is 11.0. The summed E-state index contributed by atoms with van der Waals surface area (Å²) < 4.78 is 5.39. The van der Waals surface area contributed by atoms with E-state index >= 15 is 0 Å². The van der Waals surface area contributed by atoms with Gasteiger partial charge in [-0.1, -0.05) is 6.92 Å². The van der Waals surface area contributed by atoms with Gasteiger partial charge in [0, 0.05) is 11.8 Å². The lowest BCUT2D eigenvalue weighted by Crippen LogP contribution is -2.47. The summed E-state index contributed by atoms with van der Waals surface area (Å²) in [5, 5.41) is 0. The summed E-state index contributed by atoms with van der Waals surface area (Å²) >= 11 is 0. The number of carbonyl (C=O) groups excluding carboxylic acids is 1. The zero-order valence-electron chi connectivity index (χ0n) is 6.39. The summed E-state index contributed by atoms with van der Waals surface area (Å²) in [5.74, 6) is 0.611. The number of hydrogen-bond acceptors (Lipinski definition) is 2. The van der Waals surface area contributed by atoms with Crippen LogP contribution in [0.1, 0.15) is 20.3 Å². The molecule has 1 aliphatic heterocycles. The zero-order chi connectivity index (χ0) is 7.35. The minimum Gasteiger partial charge on any atom is -0.377 e. The number of carbonyl (C=O) groups is 1. The van der Waals surface area contributed by atoms with Crippen molar-refractivity contribution in [3.63, 3.8) is 0 Å². The fourth-order valence-corrected chi connectivity index (χ4v) is 2.26. The molecule has 2 nitrogen and oxygen atoms in total. The van der Waals surface area contributed by atoms with Crippen molar-refractivity contribution >= 4 is 5.78 Å². The standard InChI is InChI=1S/C8H12O2/c1-5-7-6(9)3-8(7,2)4-10-5/h5,7H,3-4H2,1-2H3/t5-,7+,8+/m1/s1. The molecule has 1 aliphatic carbocycles. The number of ether oxygens (including phenoxy) is 1. The molecule has 0 N–H and O–H groups in total. The predicted molar refractivity (Wildman–Crippen MR) is 36.6 cm³/mol. The quantitative estimate of drug-likeness (QED) is 0.501. The summed E-state index contributed by atoms with van der Waals surface area (Å²) in [7, 11) is 0. The molecule has 0 aromatic carbocycles. The molecule has 2 rings (SSSR count). The maximum atomic E-state index is 11.0. The Morgan fingerprint density at radius 3 is 2.80 bits per heavy atom. The average Bonchev–Trinajstić information content (AvgIpc) is 2.03. The van der Waals surface area contributed by atoms with E-state index in [0.717, 1.165) is 13.0 Å². The number of rotatable bonds is 0. The van der Waals surface area contributed by atoms with E-state index in [-0.39, 0.29) is 17.4 Å². The first-order chi connectivity index (χ1) is 4.63. The molecule has 0 amide bonds. The van der Waals surface area contributed by atoms with Crippen LogP contribution in [-0.2, 0) is 9.53 Å². The van der Waals surface area contributed by atoms with Crippen LogP contribution in [0.15, 0.2) is 0 Å². The summed E-state index contributed by atoms with van der Waals surface area (Å²) in [6.45, 7) is 4.92. The Bertz CT molecular complexity index is 188. The SMILES string of the molecule is C[C@H]1OC[C@]2(C)CC(=O)[C@H]12. The summed E-state index contributed by atoms with van der Waals surface area (Å²) in [6.07, 6.45) is 0.911. The molecular formula is C8H12O2. The monoisotopic (exact) mass is 140 g/mol. The van der Waals surface area contributed by atoms with Crippen molar-refractivity contribution in [2.75, 3.05) is 6.61 Å². The molecule has 0 aromatic rings. The lowest BCUT2D eigenvalue weighted by Gasteiger charge is -2.39. The third kappa shape index (κ3) is 0.553. The topological polar surface area (TPSA) is 26.3 Å². The van der Waals surface area contributed by atoms with Crippen molar-refractivity contribution in [3.8, 4) is 0 Å². The Hall–Kier alpha value is -0.370. The third-order valence-corrected chi connectivity index (χ3v) is 2.82. The van der Waals surface area contributed by atoms with E-state index in [1.165, 1.54) is 0 Å². The molecule has 0 unspecified atom stereocenters. The van der Waals surface area contributed by atoms with Gasteiger partial charge >= 0.3 is 0 Å². The molecule has 1 heterocycles. The fraction of sp³-hybridized carbons (Fsp3) is 0.875. The van der Waals surface area contributed by atoms with E-state index < -0.39 is 0 Å². The smallest absolute Gasteiger partial charge is 0.139 e. The Morgan fingerprint density at radius 2 is 2.40 bits per heavy atom. The van der Waals surface area contributed by atoms with Crippen molar-refractivity contribution in [2.24, 2.45) is 11.3 Å². The molecule has 56 valence electrons. The van der Waals surface area contributed by atoms with Gasteiger partial charge in [-0.3, -0.25) is 4.79 Å². The van der Waals surface area contributed by atoms with Crippen molar-refractivity contribution in [3.05, 3.63) is 0 Å². The highest BCUT2D eigenvalue weighted by Crippen LogP contribution is 2.50. The molecule has 3 atom stereocenters. The van der Waals surface area contributed by atoms with Crippen LogP contribution in [0.5, 0.6) is 0 Å². The molecule has 0 radical (unpaired) electrons. The molecule has 2 heteroatoms. The molecule has 1 saturated carbocycles. The molecule has 2 fully saturated rings. The van der Waals surface area contributed by atoms with Crippen molar-refractivity contribution < 1.29 is 9.53 Å². The lowest BCUT2D eigenvalue weighted by molar-refractivity contribution is -0.138. The first-order valence-corrected chi connectivity index (χ1v) is 3.78. The van der Waals surface area contributed by atoms with E-state index in [1.807, 2.05) is 6.92 Å². The van der Waals surface area contributed by atoms with Crippen LogP contribution in [0.2, 0.25) is 0 Å². The summed E-state index contributed by atoms with van der Waals surface area (Å²) in [4.78, 5) is 11.0. The molecule has 0 spiro atoms. The van der Waals surface area contributed by atoms with E-state index in [1.54, 1.807) is 0 Å². The van der Waals surface area contributed by atoms with Crippen LogP contribution < -0.4 is 0 Å². The van der Waals surface area contributed by atoms with Gasteiger partial charge in [0.1, 0.15) is 5.78 Å². The molecule has 0 bridgehead atoms. The summed E-state index contributed by atoms with van der Waals surface area (Å²) in [6, 6.07) is 0. The van der Waals surface area contributed by atoms with E-state index in [4.69, 9.17) is 4.74 Å². The average molecular weight is 140 g/mol.